The number of aromatic nitrogens is 2. The van der Waals surface area contributed by atoms with Gasteiger partial charge in [-0.3, -0.25) is 9.59 Å². The molecule has 2 aromatic rings. The van der Waals surface area contributed by atoms with Crippen LogP contribution in [0.3, 0.4) is 0 Å². The predicted molar refractivity (Wildman–Crippen MR) is 99.9 cm³/mol. The Morgan fingerprint density at radius 2 is 2.00 bits per heavy atom. The Balaban J connectivity index is 1.63. The van der Waals surface area contributed by atoms with E-state index in [0.717, 1.165) is 36.9 Å². The maximum atomic E-state index is 12.6. The van der Waals surface area contributed by atoms with Crippen LogP contribution >= 0.6 is 0 Å². The first kappa shape index (κ1) is 18.1. The molecular formula is C20H25N3O4. The van der Waals surface area contributed by atoms with Crippen LogP contribution in [0.15, 0.2) is 18.3 Å². The Labute approximate surface area is 158 Å². The second-order valence-electron chi connectivity index (χ2n) is 7.35. The molecule has 1 N–H and O–H groups in total. The summed E-state index contributed by atoms with van der Waals surface area (Å²) in [6.45, 7) is 3.10. The summed E-state index contributed by atoms with van der Waals surface area (Å²) >= 11 is 0. The lowest BCUT2D eigenvalue weighted by Gasteiger charge is -2.21. The number of pyridine rings is 1. The van der Waals surface area contributed by atoms with Gasteiger partial charge in [-0.15, -0.1) is 0 Å². The fourth-order valence-electron chi connectivity index (χ4n) is 3.86. The summed E-state index contributed by atoms with van der Waals surface area (Å²) in [5.74, 6) is -0.0708. The van der Waals surface area contributed by atoms with Gasteiger partial charge in [0.1, 0.15) is 6.10 Å². The lowest BCUT2D eigenvalue weighted by Crippen LogP contribution is -2.25. The van der Waals surface area contributed by atoms with Gasteiger partial charge in [-0.05, 0) is 31.9 Å². The zero-order valence-corrected chi connectivity index (χ0v) is 15.6. The standard InChI is InChI=1S/C20H25N3O4/c1-13(24)16-11-23-15(10-18(22-23)19-12-26-7-8-27-19)9-17(16)21-20(25)14-5-3-2-4-6-14/h9-11,14,19H,2-8,12H2,1H3,(H,21,25). The maximum Gasteiger partial charge on any atom is 0.227 e. The second kappa shape index (κ2) is 7.78. The monoisotopic (exact) mass is 371 g/mol. The van der Waals surface area contributed by atoms with Crippen molar-refractivity contribution in [2.75, 3.05) is 25.1 Å². The molecule has 1 amide bonds. The van der Waals surface area contributed by atoms with E-state index in [1.165, 1.54) is 13.3 Å². The van der Waals surface area contributed by atoms with Crippen molar-refractivity contribution in [3.63, 3.8) is 0 Å². The summed E-state index contributed by atoms with van der Waals surface area (Å²) in [5, 5.41) is 7.52. The van der Waals surface area contributed by atoms with E-state index < -0.39 is 0 Å². The van der Waals surface area contributed by atoms with Crippen molar-refractivity contribution >= 4 is 22.9 Å². The number of ketones is 1. The minimum absolute atomic E-state index is 0.00491. The molecule has 1 unspecified atom stereocenters. The molecule has 2 aromatic heterocycles. The zero-order valence-electron chi connectivity index (χ0n) is 15.6. The molecule has 0 radical (unpaired) electrons. The Morgan fingerprint density at radius 3 is 2.70 bits per heavy atom. The minimum Gasteiger partial charge on any atom is -0.376 e. The topological polar surface area (TPSA) is 81.9 Å². The summed E-state index contributed by atoms with van der Waals surface area (Å²) in [6.07, 6.45) is 6.68. The molecule has 1 aliphatic carbocycles. The molecule has 27 heavy (non-hydrogen) atoms. The molecule has 7 nitrogen and oxygen atoms in total. The lowest BCUT2D eigenvalue weighted by molar-refractivity contribution is -0.120. The van der Waals surface area contributed by atoms with E-state index in [4.69, 9.17) is 9.47 Å². The van der Waals surface area contributed by atoms with Gasteiger partial charge in [0.2, 0.25) is 5.91 Å². The van der Waals surface area contributed by atoms with E-state index in [9.17, 15) is 9.59 Å². The Morgan fingerprint density at radius 1 is 1.19 bits per heavy atom. The number of carbonyl (C=O) groups excluding carboxylic acids is 2. The highest BCUT2D eigenvalue weighted by Crippen LogP contribution is 2.28. The van der Waals surface area contributed by atoms with Crippen LogP contribution in [0.2, 0.25) is 0 Å². The summed E-state index contributed by atoms with van der Waals surface area (Å²) in [5.41, 5.74) is 2.59. The number of Topliss-reactive ketones (excluding diaryl/α,β-unsaturated/α-hetero) is 1. The number of amides is 1. The Hall–Kier alpha value is -2.25. The van der Waals surface area contributed by atoms with Crippen LogP contribution in [-0.4, -0.2) is 41.1 Å². The van der Waals surface area contributed by atoms with Crippen LogP contribution in [0.5, 0.6) is 0 Å². The van der Waals surface area contributed by atoms with Gasteiger partial charge in [0.25, 0.3) is 0 Å². The van der Waals surface area contributed by atoms with E-state index in [0.29, 0.717) is 31.1 Å². The van der Waals surface area contributed by atoms with E-state index in [-0.39, 0.29) is 23.7 Å². The van der Waals surface area contributed by atoms with Crippen LogP contribution < -0.4 is 5.32 Å². The number of nitrogens with one attached hydrogen (secondary N) is 1. The molecule has 3 heterocycles. The van der Waals surface area contributed by atoms with E-state index in [1.54, 1.807) is 10.7 Å². The molecule has 7 heteroatoms. The average molecular weight is 371 g/mol. The van der Waals surface area contributed by atoms with E-state index >= 15 is 0 Å². The molecule has 1 saturated carbocycles. The van der Waals surface area contributed by atoms with Crippen LogP contribution in [0.1, 0.15) is 61.2 Å². The average Bonchev–Trinajstić information content (AvgIpc) is 3.11. The van der Waals surface area contributed by atoms with Crippen LogP contribution in [0.25, 0.3) is 5.52 Å². The van der Waals surface area contributed by atoms with Gasteiger partial charge in [0, 0.05) is 12.1 Å². The summed E-state index contributed by atoms with van der Waals surface area (Å²) in [7, 11) is 0. The lowest BCUT2D eigenvalue weighted by atomic mass is 9.88. The van der Waals surface area contributed by atoms with Crippen molar-refractivity contribution in [1.29, 1.82) is 0 Å². The third-order valence-electron chi connectivity index (χ3n) is 5.38. The van der Waals surface area contributed by atoms with Gasteiger partial charge < -0.3 is 14.8 Å². The van der Waals surface area contributed by atoms with Crippen molar-refractivity contribution < 1.29 is 19.1 Å². The van der Waals surface area contributed by atoms with Crippen molar-refractivity contribution in [3.8, 4) is 0 Å². The van der Waals surface area contributed by atoms with E-state index in [2.05, 4.69) is 10.4 Å². The molecule has 4 rings (SSSR count). The van der Waals surface area contributed by atoms with Gasteiger partial charge >= 0.3 is 0 Å². The Bertz CT molecular complexity index is 848. The first-order valence-corrected chi connectivity index (χ1v) is 9.66. The third kappa shape index (κ3) is 3.89. The van der Waals surface area contributed by atoms with E-state index in [1.807, 2.05) is 12.1 Å². The smallest absolute Gasteiger partial charge is 0.227 e. The molecule has 1 atom stereocenters. The van der Waals surface area contributed by atoms with Crippen molar-refractivity contribution in [2.45, 2.75) is 45.1 Å². The summed E-state index contributed by atoms with van der Waals surface area (Å²) in [6, 6.07) is 3.73. The minimum atomic E-state index is -0.209. The Kier molecular flexibility index (Phi) is 5.22. The second-order valence-corrected chi connectivity index (χ2v) is 7.35. The largest absolute Gasteiger partial charge is 0.376 e. The van der Waals surface area contributed by atoms with Crippen molar-refractivity contribution in [2.24, 2.45) is 5.92 Å². The number of fused-ring (bicyclic) bond motifs is 1. The fourth-order valence-corrected chi connectivity index (χ4v) is 3.86. The number of anilines is 1. The zero-order chi connectivity index (χ0) is 18.8. The normalized spacial score (nSPS) is 21.3. The number of rotatable bonds is 4. The molecule has 2 aliphatic rings. The van der Waals surface area contributed by atoms with Gasteiger partial charge in [0.15, 0.2) is 5.78 Å². The number of nitrogens with zero attached hydrogens (tertiary/aromatic N) is 2. The van der Waals surface area contributed by atoms with Crippen molar-refractivity contribution in [3.05, 3.63) is 29.6 Å². The van der Waals surface area contributed by atoms with Crippen molar-refractivity contribution in [1.82, 2.24) is 9.61 Å². The molecule has 1 saturated heterocycles. The molecule has 0 bridgehead atoms. The molecule has 144 valence electrons. The van der Waals surface area contributed by atoms with Crippen LogP contribution in [0.4, 0.5) is 5.69 Å². The highest BCUT2D eigenvalue weighted by Gasteiger charge is 2.24. The fraction of sp³-hybridized carbons (Fsp3) is 0.550. The quantitative estimate of drug-likeness (QED) is 0.835. The number of carbonyl (C=O) groups is 2. The number of ether oxygens (including phenoxy) is 2. The maximum absolute atomic E-state index is 12.6. The van der Waals surface area contributed by atoms with Crippen LogP contribution in [0, 0.1) is 5.92 Å². The highest BCUT2D eigenvalue weighted by atomic mass is 16.6. The molecule has 0 aromatic carbocycles. The third-order valence-corrected chi connectivity index (χ3v) is 5.38. The summed E-state index contributed by atoms with van der Waals surface area (Å²) in [4.78, 5) is 24.8. The van der Waals surface area contributed by atoms with Gasteiger partial charge in [-0.2, -0.15) is 5.10 Å². The SMILES string of the molecule is CC(=O)c1cn2nc(C3COCCO3)cc2cc1NC(=O)C1CCCCC1. The predicted octanol–water partition coefficient (Wildman–Crippen LogP) is 3.14. The van der Waals surface area contributed by atoms with Gasteiger partial charge in [-0.1, -0.05) is 19.3 Å². The van der Waals surface area contributed by atoms with Gasteiger partial charge in [0.05, 0.1) is 42.3 Å². The molecule has 0 spiro atoms. The molecule has 1 aliphatic heterocycles. The molecular weight excluding hydrogens is 346 g/mol. The first-order chi connectivity index (χ1) is 13.1. The van der Waals surface area contributed by atoms with Crippen LogP contribution in [-0.2, 0) is 14.3 Å². The highest BCUT2D eigenvalue weighted by molar-refractivity contribution is 6.04. The first-order valence-electron chi connectivity index (χ1n) is 9.66. The summed E-state index contributed by atoms with van der Waals surface area (Å²) < 4.78 is 12.8. The molecule has 2 fully saturated rings. The number of hydrogen-bond donors (Lipinski definition) is 1. The van der Waals surface area contributed by atoms with Gasteiger partial charge in [-0.25, -0.2) is 4.52 Å². The number of hydrogen-bond acceptors (Lipinski definition) is 5.